The number of hydrogen-bond donors (Lipinski definition) is 1. The molecule has 0 radical (unpaired) electrons. The fraction of sp³-hybridized carbons (Fsp3) is 0.143. The van der Waals surface area contributed by atoms with Crippen LogP contribution in [0.25, 0.3) is 16.6 Å². The second kappa shape index (κ2) is 10.5. The summed E-state index contributed by atoms with van der Waals surface area (Å²) in [6, 6.07) is 22.1. The Morgan fingerprint density at radius 3 is 2.59 bits per heavy atom. The van der Waals surface area contributed by atoms with E-state index in [1.807, 2.05) is 49.4 Å². The first-order valence-corrected chi connectivity index (χ1v) is 12.3. The quantitative estimate of drug-likeness (QED) is 0.234. The lowest BCUT2D eigenvalue weighted by Gasteiger charge is -2.26. The molecule has 3 aromatic carbocycles. The van der Waals surface area contributed by atoms with Gasteiger partial charge in [-0.3, -0.25) is 4.79 Å². The van der Waals surface area contributed by atoms with E-state index in [0.717, 1.165) is 22.2 Å². The monoisotopic (exact) mass is 563 g/mol. The SMILES string of the molecule is COc1cccc([C@@H](Oc2ccc3c(cnn3-c3ccc(F)cc3)c2)[C@H](C)NC(=O)c2ccc(Br)o2)c1. The summed E-state index contributed by atoms with van der Waals surface area (Å²) in [5, 5.41) is 8.27. The highest BCUT2D eigenvalue weighted by atomic mass is 79.9. The van der Waals surface area contributed by atoms with Crippen LogP contribution in [0.1, 0.15) is 29.1 Å². The van der Waals surface area contributed by atoms with Gasteiger partial charge in [0.1, 0.15) is 23.4 Å². The van der Waals surface area contributed by atoms with Crippen molar-refractivity contribution in [1.29, 1.82) is 0 Å². The first kappa shape index (κ1) is 24.6. The number of halogens is 2. The second-order valence-corrected chi connectivity index (χ2v) is 9.22. The summed E-state index contributed by atoms with van der Waals surface area (Å²) >= 11 is 3.22. The Balaban J connectivity index is 1.44. The maximum absolute atomic E-state index is 13.4. The Bertz CT molecular complexity index is 1550. The molecule has 0 fully saturated rings. The standard InChI is InChI=1S/C28H23BrFN3O4/c1-17(32-28(34)25-12-13-26(29)37-25)27(18-4-3-5-22(14-18)35-2)36-23-10-11-24-19(15-23)16-31-33(24)21-8-6-20(30)7-9-21/h3-17,27H,1-2H3,(H,32,34)/t17-,27-/m0/s1. The molecule has 0 saturated heterocycles. The van der Waals surface area contributed by atoms with Crippen LogP contribution in [0.5, 0.6) is 11.5 Å². The van der Waals surface area contributed by atoms with E-state index in [1.165, 1.54) is 12.1 Å². The number of rotatable bonds is 8. The molecule has 5 rings (SSSR count). The number of hydrogen-bond acceptors (Lipinski definition) is 5. The normalized spacial score (nSPS) is 12.8. The van der Waals surface area contributed by atoms with Crippen LogP contribution in [0.15, 0.2) is 94.1 Å². The number of methoxy groups -OCH3 is 1. The Morgan fingerprint density at radius 1 is 1.05 bits per heavy atom. The molecule has 0 saturated carbocycles. The Labute approximate surface area is 220 Å². The highest BCUT2D eigenvalue weighted by Gasteiger charge is 2.25. The van der Waals surface area contributed by atoms with Gasteiger partial charge >= 0.3 is 0 Å². The van der Waals surface area contributed by atoms with Crippen molar-refractivity contribution in [2.24, 2.45) is 0 Å². The van der Waals surface area contributed by atoms with Crippen LogP contribution in [0.2, 0.25) is 0 Å². The lowest BCUT2D eigenvalue weighted by atomic mass is 10.0. The number of aromatic nitrogens is 2. The topological polar surface area (TPSA) is 78.5 Å². The largest absolute Gasteiger partial charge is 0.497 e. The van der Waals surface area contributed by atoms with Crippen LogP contribution in [-0.2, 0) is 0 Å². The van der Waals surface area contributed by atoms with Crippen molar-refractivity contribution in [1.82, 2.24) is 15.1 Å². The van der Waals surface area contributed by atoms with E-state index < -0.39 is 12.1 Å². The highest BCUT2D eigenvalue weighted by molar-refractivity contribution is 9.10. The van der Waals surface area contributed by atoms with Gasteiger partial charge in [-0.1, -0.05) is 12.1 Å². The van der Waals surface area contributed by atoms with Gasteiger partial charge in [-0.15, -0.1) is 0 Å². The van der Waals surface area contributed by atoms with E-state index in [4.69, 9.17) is 13.9 Å². The van der Waals surface area contributed by atoms with Gasteiger partial charge in [0, 0.05) is 5.39 Å². The minimum absolute atomic E-state index is 0.192. The van der Waals surface area contributed by atoms with Crippen molar-refractivity contribution in [3.63, 3.8) is 0 Å². The molecule has 0 aliphatic carbocycles. The lowest BCUT2D eigenvalue weighted by molar-refractivity contribution is 0.0853. The number of benzene rings is 3. The summed E-state index contributed by atoms with van der Waals surface area (Å²) in [6.07, 6.45) is 1.19. The first-order valence-electron chi connectivity index (χ1n) is 11.5. The predicted octanol–water partition coefficient (Wildman–Crippen LogP) is 6.47. The smallest absolute Gasteiger partial charge is 0.287 e. The zero-order valence-corrected chi connectivity index (χ0v) is 21.6. The van der Waals surface area contributed by atoms with Crippen LogP contribution in [0, 0.1) is 5.82 Å². The molecule has 0 aliphatic heterocycles. The van der Waals surface area contributed by atoms with Gasteiger partial charge in [0.15, 0.2) is 10.4 Å². The molecule has 1 amide bonds. The molecule has 2 atom stereocenters. The minimum atomic E-state index is -0.540. The third-order valence-corrected chi connectivity index (χ3v) is 6.33. The van der Waals surface area contributed by atoms with Gasteiger partial charge < -0.3 is 19.2 Å². The molecule has 2 heterocycles. The number of furan rings is 1. The molecule has 2 aromatic heterocycles. The van der Waals surface area contributed by atoms with Crippen molar-refractivity contribution in [2.75, 3.05) is 7.11 Å². The van der Waals surface area contributed by atoms with Gasteiger partial charge in [0.2, 0.25) is 0 Å². The first-order chi connectivity index (χ1) is 17.9. The van der Waals surface area contributed by atoms with Crippen molar-refractivity contribution in [2.45, 2.75) is 19.1 Å². The van der Waals surface area contributed by atoms with Gasteiger partial charge in [-0.25, -0.2) is 9.07 Å². The number of nitrogens with zero attached hydrogens (tertiary/aromatic N) is 2. The third kappa shape index (κ3) is 5.36. The number of fused-ring (bicyclic) bond motifs is 1. The average molecular weight is 564 g/mol. The summed E-state index contributed by atoms with van der Waals surface area (Å²) in [5.74, 6) is 0.806. The van der Waals surface area contributed by atoms with Crippen molar-refractivity contribution in [3.05, 3.63) is 107 Å². The number of amides is 1. The van der Waals surface area contributed by atoms with Gasteiger partial charge in [0.05, 0.1) is 30.6 Å². The summed E-state index contributed by atoms with van der Waals surface area (Å²) in [5.41, 5.74) is 2.43. The van der Waals surface area contributed by atoms with E-state index in [0.29, 0.717) is 16.2 Å². The van der Waals surface area contributed by atoms with E-state index >= 15 is 0 Å². The minimum Gasteiger partial charge on any atom is -0.497 e. The van der Waals surface area contributed by atoms with Crippen LogP contribution >= 0.6 is 15.9 Å². The third-order valence-electron chi connectivity index (χ3n) is 5.91. The summed E-state index contributed by atoms with van der Waals surface area (Å²) in [6.45, 7) is 1.87. The molecular formula is C28H23BrFN3O4. The summed E-state index contributed by atoms with van der Waals surface area (Å²) in [7, 11) is 1.60. The van der Waals surface area contributed by atoms with Crippen molar-refractivity contribution in [3.8, 4) is 17.2 Å². The van der Waals surface area contributed by atoms with Crippen molar-refractivity contribution >= 4 is 32.7 Å². The fourth-order valence-electron chi connectivity index (χ4n) is 4.09. The molecule has 0 unspecified atom stereocenters. The number of carbonyl (C=O) groups is 1. The molecule has 0 bridgehead atoms. The molecule has 37 heavy (non-hydrogen) atoms. The number of ether oxygens (including phenoxy) is 2. The highest BCUT2D eigenvalue weighted by Crippen LogP contribution is 2.30. The summed E-state index contributed by atoms with van der Waals surface area (Å²) < 4.78 is 32.8. The molecule has 188 valence electrons. The average Bonchev–Trinajstić information content (AvgIpc) is 3.54. The molecule has 0 spiro atoms. The molecular weight excluding hydrogens is 541 g/mol. The predicted molar refractivity (Wildman–Crippen MR) is 141 cm³/mol. The van der Waals surface area contributed by atoms with Gasteiger partial charge in [-0.2, -0.15) is 5.10 Å². The Hall–Kier alpha value is -4.11. The Kier molecular flexibility index (Phi) is 6.96. The number of nitrogens with one attached hydrogen (secondary N) is 1. The maximum Gasteiger partial charge on any atom is 0.287 e. The maximum atomic E-state index is 13.4. The molecule has 5 aromatic rings. The molecule has 7 nitrogen and oxygen atoms in total. The lowest BCUT2D eigenvalue weighted by Crippen LogP contribution is -2.39. The van der Waals surface area contributed by atoms with Gasteiger partial charge in [-0.05, 0) is 95.1 Å². The number of carbonyl (C=O) groups excluding carboxylic acids is 1. The molecule has 1 N–H and O–H groups in total. The van der Waals surface area contributed by atoms with Crippen LogP contribution in [-0.4, -0.2) is 28.8 Å². The molecule has 9 heteroatoms. The van der Waals surface area contributed by atoms with E-state index in [1.54, 1.807) is 42.3 Å². The van der Waals surface area contributed by atoms with Crippen molar-refractivity contribution < 1.29 is 23.1 Å². The Morgan fingerprint density at radius 2 is 1.86 bits per heavy atom. The fourth-order valence-corrected chi connectivity index (χ4v) is 4.39. The van der Waals surface area contributed by atoms with Crippen LogP contribution in [0.4, 0.5) is 4.39 Å². The van der Waals surface area contributed by atoms with E-state index in [-0.39, 0.29) is 17.5 Å². The molecule has 0 aliphatic rings. The summed E-state index contributed by atoms with van der Waals surface area (Å²) in [4.78, 5) is 12.8. The van der Waals surface area contributed by atoms with E-state index in [2.05, 4.69) is 26.3 Å². The van der Waals surface area contributed by atoms with Crippen LogP contribution in [0.3, 0.4) is 0 Å². The van der Waals surface area contributed by atoms with E-state index in [9.17, 15) is 9.18 Å². The van der Waals surface area contributed by atoms with Crippen LogP contribution < -0.4 is 14.8 Å². The second-order valence-electron chi connectivity index (χ2n) is 8.43. The zero-order valence-electron chi connectivity index (χ0n) is 20.0. The zero-order chi connectivity index (χ0) is 25.9. The van der Waals surface area contributed by atoms with Gasteiger partial charge in [0.25, 0.3) is 5.91 Å².